The molecule has 0 bridgehead atoms. The van der Waals surface area contributed by atoms with E-state index in [1.54, 1.807) is 0 Å². The summed E-state index contributed by atoms with van der Waals surface area (Å²) in [5.41, 5.74) is -0.173. The third-order valence-corrected chi connectivity index (χ3v) is 4.63. The van der Waals surface area contributed by atoms with E-state index in [9.17, 15) is 17.6 Å². The largest absolute Gasteiger partial charge is 0.349 e. The fourth-order valence-electron chi connectivity index (χ4n) is 1.49. The standard InChI is InChI=1S/C13H17ClFNO3S/c1-7(2)9(4)16-13(17)10-5-11(15)8(3)12(6-10)20(14,18)19/h5-7,9H,1-4H3,(H,16,17). The van der Waals surface area contributed by atoms with Crippen molar-refractivity contribution < 1.29 is 17.6 Å². The van der Waals surface area contributed by atoms with Gasteiger partial charge in [0.1, 0.15) is 5.82 Å². The smallest absolute Gasteiger partial charge is 0.261 e. The minimum Gasteiger partial charge on any atom is -0.349 e. The molecule has 1 unspecified atom stereocenters. The van der Waals surface area contributed by atoms with Crippen molar-refractivity contribution in [1.29, 1.82) is 0 Å². The summed E-state index contributed by atoms with van der Waals surface area (Å²) in [6, 6.07) is 1.97. The van der Waals surface area contributed by atoms with Gasteiger partial charge in [0.25, 0.3) is 15.0 Å². The summed E-state index contributed by atoms with van der Waals surface area (Å²) >= 11 is 0. The summed E-state index contributed by atoms with van der Waals surface area (Å²) in [4.78, 5) is 11.6. The molecule has 0 aliphatic carbocycles. The third kappa shape index (κ3) is 3.93. The van der Waals surface area contributed by atoms with Crippen LogP contribution < -0.4 is 5.32 Å². The summed E-state index contributed by atoms with van der Waals surface area (Å²) in [7, 11) is 1.14. The SMILES string of the molecule is Cc1c(F)cc(C(=O)NC(C)C(C)C)cc1S(=O)(=O)Cl. The zero-order chi connectivity index (χ0) is 15.7. The van der Waals surface area contributed by atoms with Crippen molar-refractivity contribution in [2.24, 2.45) is 5.92 Å². The summed E-state index contributed by atoms with van der Waals surface area (Å²) in [6.07, 6.45) is 0. The van der Waals surface area contributed by atoms with Gasteiger partial charge in [0.05, 0.1) is 4.90 Å². The molecule has 0 spiro atoms. The molecular formula is C13H17ClFNO3S. The average Bonchev–Trinajstić information content (AvgIpc) is 2.30. The van der Waals surface area contributed by atoms with E-state index in [0.29, 0.717) is 0 Å². The van der Waals surface area contributed by atoms with Crippen molar-refractivity contribution in [3.8, 4) is 0 Å². The molecule has 1 aromatic carbocycles. The van der Waals surface area contributed by atoms with Gasteiger partial charge in [-0.05, 0) is 31.9 Å². The molecule has 7 heteroatoms. The number of hydrogen-bond donors (Lipinski definition) is 1. The van der Waals surface area contributed by atoms with E-state index in [4.69, 9.17) is 10.7 Å². The molecule has 1 rings (SSSR count). The lowest BCUT2D eigenvalue weighted by Gasteiger charge is -2.18. The quantitative estimate of drug-likeness (QED) is 0.867. The highest BCUT2D eigenvalue weighted by Crippen LogP contribution is 2.24. The van der Waals surface area contributed by atoms with Gasteiger partial charge in [0, 0.05) is 27.9 Å². The molecule has 0 fully saturated rings. The summed E-state index contributed by atoms with van der Waals surface area (Å²) in [5.74, 6) is -1.12. The van der Waals surface area contributed by atoms with E-state index >= 15 is 0 Å². The first-order valence-electron chi connectivity index (χ1n) is 6.09. The van der Waals surface area contributed by atoms with E-state index in [1.807, 2.05) is 20.8 Å². The van der Waals surface area contributed by atoms with E-state index < -0.39 is 20.8 Å². The first kappa shape index (κ1) is 16.9. The number of carbonyl (C=O) groups excluding carboxylic acids is 1. The normalized spacial score (nSPS) is 13.3. The van der Waals surface area contributed by atoms with Crippen LogP contribution >= 0.6 is 10.7 Å². The van der Waals surface area contributed by atoms with Gasteiger partial charge in [-0.25, -0.2) is 12.8 Å². The monoisotopic (exact) mass is 321 g/mol. The van der Waals surface area contributed by atoms with Crippen molar-refractivity contribution in [3.63, 3.8) is 0 Å². The van der Waals surface area contributed by atoms with Crippen LogP contribution in [0.25, 0.3) is 0 Å². The van der Waals surface area contributed by atoms with Gasteiger partial charge < -0.3 is 5.32 Å². The van der Waals surface area contributed by atoms with Crippen molar-refractivity contribution in [3.05, 3.63) is 29.1 Å². The minimum atomic E-state index is -4.10. The Morgan fingerprint density at radius 2 is 1.85 bits per heavy atom. The predicted molar refractivity (Wildman–Crippen MR) is 75.9 cm³/mol. The Hall–Kier alpha value is -1.14. The highest BCUT2D eigenvalue weighted by Gasteiger charge is 2.21. The minimum absolute atomic E-state index is 0.0696. The Morgan fingerprint density at radius 3 is 2.30 bits per heavy atom. The zero-order valence-corrected chi connectivity index (χ0v) is 13.3. The zero-order valence-electron chi connectivity index (χ0n) is 11.7. The Kier molecular flexibility index (Phi) is 5.15. The molecule has 0 heterocycles. The Bertz CT molecular complexity index is 629. The number of carbonyl (C=O) groups is 1. The molecule has 1 aromatic rings. The average molecular weight is 322 g/mol. The van der Waals surface area contributed by atoms with Crippen LogP contribution in [0.4, 0.5) is 4.39 Å². The lowest BCUT2D eigenvalue weighted by atomic mass is 10.1. The second-order valence-electron chi connectivity index (χ2n) is 5.03. The molecule has 1 amide bonds. The van der Waals surface area contributed by atoms with Crippen LogP contribution in [-0.2, 0) is 9.05 Å². The number of rotatable bonds is 4. The van der Waals surface area contributed by atoms with Gasteiger partial charge in [-0.3, -0.25) is 4.79 Å². The van der Waals surface area contributed by atoms with E-state index in [-0.39, 0.29) is 28.0 Å². The van der Waals surface area contributed by atoms with Gasteiger partial charge in [-0.1, -0.05) is 13.8 Å². The van der Waals surface area contributed by atoms with E-state index in [1.165, 1.54) is 6.92 Å². The molecule has 0 aliphatic heterocycles. The molecule has 4 nitrogen and oxygen atoms in total. The van der Waals surface area contributed by atoms with Crippen molar-refractivity contribution in [2.75, 3.05) is 0 Å². The fraction of sp³-hybridized carbons (Fsp3) is 0.462. The molecule has 0 aliphatic rings. The van der Waals surface area contributed by atoms with E-state index in [2.05, 4.69) is 5.32 Å². The van der Waals surface area contributed by atoms with Crippen LogP contribution in [0.5, 0.6) is 0 Å². The van der Waals surface area contributed by atoms with Gasteiger partial charge in [0.15, 0.2) is 0 Å². The Labute approximate surface area is 122 Å². The molecule has 1 atom stereocenters. The van der Waals surface area contributed by atoms with E-state index in [0.717, 1.165) is 12.1 Å². The number of hydrogen-bond acceptors (Lipinski definition) is 3. The van der Waals surface area contributed by atoms with Crippen LogP contribution in [0.15, 0.2) is 17.0 Å². The van der Waals surface area contributed by atoms with Gasteiger partial charge in [-0.15, -0.1) is 0 Å². The van der Waals surface area contributed by atoms with Crippen molar-refractivity contribution >= 4 is 25.6 Å². The Balaban J connectivity index is 3.21. The summed E-state index contributed by atoms with van der Waals surface area (Å²) in [6.45, 7) is 6.96. The number of benzene rings is 1. The van der Waals surface area contributed by atoms with Crippen LogP contribution in [0.3, 0.4) is 0 Å². The predicted octanol–water partition coefficient (Wildman–Crippen LogP) is 2.84. The topological polar surface area (TPSA) is 63.2 Å². The number of halogens is 2. The maximum absolute atomic E-state index is 13.7. The summed E-state index contributed by atoms with van der Waals surface area (Å²) in [5, 5.41) is 2.68. The van der Waals surface area contributed by atoms with Gasteiger partial charge in [0.2, 0.25) is 0 Å². The molecule has 0 saturated heterocycles. The number of amides is 1. The van der Waals surface area contributed by atoms with Gasteiger partial charge >= 0.3 is 0 Å². The van der Waals surface area contributed by atoms with Crippen molar-refractivity contribution in [1.82, 2.24) is 5.32 Å². The fourth-order valence-corrected chi connectivity index (χ4v) is 2.71. The second kappa shape index (κ2) is 6.10. The van der Waals surface area contributed by atoms with Crippen LogP contribution in [0.1, 0.15) is 36.7 Å². The first-order valence-corrected chi connectivity index (χ1v) is 8.40. The van der Waals surface area contributed by atoms with Crippen LogP contribution in [-0.4, -0.2) is 20.4 Å². The molecule has 0 aromatic heterocycles. The third-order valence-electron chi connectivity index (χ3n) is 3.18. The molecule has 1 N–H and O–H groups in total. The maximum atomic E-state index is 13.7. The highest BCUT2D eigenvalue weighted by molar-refractivity contribution is 8.13. The molecule has 0 saturated carbocycles. The maximum Gasteiger partial charge on any atom is 0.261 e. The lowest BCUT2D eigenvalue weighted by molar-refractivity contribution is 0.0930. The van der Waals surface area contributed by atoms with Crippen molar-refractivity contribution in [2.45, 2.75) is 38.6 Å². The molecule has 20 heavy (non-hydrogen) atoms. The van der Waals surface area contributed by atoms with Crippen LogP contribution in [0.2, 0.25) is 0 Å². The molecule has 0 radical (unpaired) electrons. The number of nitrogens with one attached hydrogen (secondary N) is 1. The highest BCUT2D eigenvalue weighted by atomic mass is 35.7. The van der Waals surface area contributed by atoms with Gasteiger partial charge in [-0.2, -0.15) is 0 Å². The molecular weight excluding hydrogens is 305 g/mol. The Morgan fingerprint density at radius 1 is 1.30 bits per heavy atom. The molecule has 112 valence electrons. The lowest BCUT2D eigenvalue weighted by Crippen LogP contribution is -2.36. The second-order valence-corrected chi connectivity index (χ2v) is 7.56. The summed E-state index contributed by atoms with van der Waals surface area (Å²) < 4.78 is 36.5. The first-order chi connectivity index (χ1) is 9.04. The van der Waals surface area contributed by atoms with Crippen LogP contribution in [0, 0.1) is 18.7 Å².